The number of nitrogens with one attached hydrogen (secondary N) is 1. The summed E-state index contributed by atoms with van der Waals surface area (Å²) in [5.41, 5.74) is 6.65. The molecular weight excluding hydrogens is 345 g/mol. The van der Waals surface area contributed by atoms with E-state index < -0.39 is 0 Å². The van der Waals surface area contributed by atoms with Gasteiger partial charge in [0.25, 0.3) is 0 Å². The van der Waals surface area contributed by atoms with Crippen LogP contribution >= 0.6 is 24.0 Å². The molecule has 134 valence electrons. The third kappa shape index (κ3) is 4.13. The number of aryl methyl sites for hydroxylation is 1. The van der Waals surface area contributed by atoms with Crippen molar-refractivity contribution in [2.24, 2.45) is 11.7 Å². The van der Waals surface area contributed by atoms with Gasteiger partial charge in [-0.15, -0.1) is 12.4 Å². The summed E-state index contributed by atoms with van der Waals surface area (Å²) in [6, 6.07) is 0.446. The molecule has 2 aromatic heterocycles. The summed E-state index contributed by atoms with van der Waals surface area (Å²) < 4.78 is 2.24. The summed E-state index contributed by atoms with van der Waals surface area (Å²) in [7, 11) is 0. The number of halogens is 2. The molecule has 0 unspecified atom stereocenters. The second kappa shape index (κ2) is 8.88. The van der Waals surface area contributed by atoms with Gasteiger partial charge in [0, 0.05) is 24.9 Å². The van der Waals surface area contributed by atoms with Gasteiger partial charge in [-0.1, -0.05) is 31.4 Å². The molecule has 5 nitrogen and oxygen atoms in total. The van der Waals surface area contributed by atoms with Crippen LogP contribution in [0.15, 0.2) is 12.4 Å². The van der Waals surface area contributed by atoms with Gasteiger partial charge < -0.3 is 15.3 Å². The minimum absolute atomic E-state index is 0. The van der Waals surface area contributed by atoms with Gasteiger partial charge in [-0.3, -0.25) is 0 Å². The van der Waals surface area contributed by atoms with Gasteiger partial charge in [0.1, 0.15) is 16.7 Å². The third-order valence-electron chi connectivity index (χ3n) is 4.84. The highest BCUT2D eigenvalue weighted by molar-refractivity contribution is 6.31. The van der Waals surface area contributed by atoms with Crippen LogP contribution in [0, 0.1) is 5.92 Å². The molecule has 1 fully saturated rings. The number of H-pyrrole nitrogens is 1. The van der Waals surface area contributed by atoms with Gasteiger partial charge in [-0.05, 0) is 38.1 Å². The summed E-state index contributed by atoms with van der Waals surface area (Å²) in [6.07, 6.45) is 11.8. The fourth-order valence-corrected chi connectivity index (χ4v) is 3.76. The van der Waals surface area contributed by atoms with Crippen molar-refractivity contribution in [3.63, 3.8) is 0 Å². The number of unbranched alkanes of at least 4 members (excludes halogenated alkanes) is 1. The van der Waals surface area contributed by atoms with Crippen LogP contribution in [0.25, 0.3) is 11.5 Å². The highest BCUT2D eigenvalue weighted by atomic mass is 35.5. The fraction of sp³-hybridized carbons (Fsp3) is 0.647. The first-order valence-electron chi connectivity index (χ1n) is 8.70. The Kier molecular flexibility index (Phi) is 7.14. The van der Waals surface area contributed by atoms with Crippen LogP contribution in [0.5, 0.6) is 0 Å². The summed E-state index contributed by atoms with van der Waals surface area (Å²) in [5, 5.41) is 0.592. The second-order valence-electron chi connectivity index (χ2n) is 6.53. The van der Waals surface area contributed by atoms with E-state index in [1.54, 1.807) is 0 Å². The molecule has 2 atom stereocenters. The molecule has 0 bridgehead atoms. The lowest BCUT2D eigenvalue weighted by Crippen LogP contribution is -2.24. The molecule has 0 aliphatic heterocycles. The maximum atomic E-state index is 6.39. The lowest BCUT2D eigenvalue weighted by molar-refractivity contribution is 0.273. The van der Waals surface area contributed by atoms with E-state index in [4.69, 9.17) is 17.3 Å². The van der Waals surface area contributed by atoms with Gasteiger partial charge >= 0.3 is 0 Å². The van der Waals surface area contributed by atoms with Crippen molar-refractivity contribution in [2.75, 3.05) is 6.54 Å². The van der Waals surface area contributed by atoms with Crippen LogP contribution in [0.2, 0.25) is 5.15 Å². The Bertz CT molecular complexity index is 637. The average molecular weight is 372 g/mol. The maximum absolute atomic E-state index is 6.39. The number of hydrogen-bond donors (Lipinski definition) is 2. The zero-order chi connectivity index (χ0) is 16.2. The largest absolute Gasteiger partial charge is 0.332 e. The molecule has 2 heterocycles. The Balaban J connectivity index is 0.00000208. The lowest BCUT2D eigenvalue weighted by atomic mass is 9.85. The number of rotatable bonds is 6. The topological polar surface area (TPSA) is 72.5 Å². The van der Waals surface area contributed by atoms with Crippen LogP contribution in [0.4, 0.5) is 0 Å². The molecule has 3 rings (SSSR count). The molecule has 1 aliphatic carbocycles. The van der Waals surface area contributed by atoms with E-state index in [9.17, 15) is 0 Å². The molecule has 1 saturated carbocycles. The first-order chi connectivity index (χ1) is 11.2. The van der Waals surface area contributed by atoms with Crippen molar-refractivity contribution < 1.29 is 0 Å². The van der Waals surface area contributed by atoms with Crippen molar-refractivity contribution in [1.82, 2.24) is 19.5 Å². The molecule has 0 spiro atoms. The highest BCUT2D eigenvalue weighted by Crippen LogP contribution is 2.35. The van der Waals surface area contributed by atoms with Gasteiger partial charge in [0.15, 0.2) is 5.82 Å². The fourth-order valence-electron chi connectivity index (χ4n) is 3.53. The zero-order valence-corrected chi connectivity index (χ0v) is 15.7. The van der Waals surface area contributed by atoms with E-state index in [1.807, 2.05) is 6.20 Å². The number of nitrogens with zero attached hydrogens (tertiary/aromatic N) is 3. The quantitative estimate of drug-likeness (QED) is 0.790. The van der Waals surface area contributed by atoms with Crippen LogP contribution < -0.4 is 5.73 Å². The smallest absolute Gasteiger partial charge is 0.162 e. The second-order valence-corrected chi connectivity index (χ2v) is 6.91. The van der Waals surface area contributed by atoms with Gasteiger partial charge in [0.2, 0.25) is 0 Å². The highest BCUT2D eigenvalue weighted by Gasteiger charge is 2.25. The van der Waals surface area contributed by atoms with Crippen LogP contribution in [-0.2, 0) is 6.42 Å². The van der Waals surface area contributed by atoms with E-state index in [0.29, 0.717) is 17.1 Å². The first-order valence-corrected chi connectivity index (χ1v) is 9.08. The normalized spacial score (nSPS) is 20.8. The predicted molar refractivity (Wildman–Crippen MR) is 101 cm³/mol. The Morgan fingerprint density at radius 2 is 2.25 bits per heavy atom. The SMILES string of the molecule is CCCCc1nc(-c2nccn2[C@@H]2CCC[C@H](CN)C2)c(Cl)[nH]1.Cl. The van der Waals surface area contributed by atoms with Crippen molar-refractivity contribution >= 4 is 24.0 Å². The molecule has 7 heteroatoms. The molecule has 0 radical (unpaired) electrons. The Hall–Kier alpha value is -1.04. The summed E-state index contributed by atoms with van der Waals surface area (Å²) >= 11 is 6.39. The van der Waals surface area contributed by atoms with E-state index in [2.05, 4.69) is 32.6 Å². The lowest BCUT2D eigenvalue weighted by Gasteiger charge is -2.30. The molecule has 2 aromatic rings. The maximum Gasteiger partial charge on any atom is 0.162 e. The Morgan fingerprint density at radius 1 is 1.42 bits per heavy atom. The average Bonchev–Trinajstić information content (AvgIpc) is 3.19. The number of nitrogens with two attached hydrogens (primary N) is 1. The number of imidazole rings is 2. The van der Waals surface area contributed by atoms with Crippen molar-refractivity contribution in [3.05, 3.63) is 23.4 Å². The van der Waals surface area contributed by atoms with E-state index in [0.717, 1.165) is 49.6 Å². The van der Waals surface area contributed by atoms with E-state index in [1.165, 1.54) is 19.3 Å². The summed E-state index contributed by atoms with van der Waals surface area (Å²) in [6.45, 7) is 2.94. The summed E-state index contributed by atoms with van der Waals surface area (Å²) in [4.78, 5) is 12.4. The monoisotopic (exact) mass is 371 g/mol. The molecule has 1 aliphatic rings. The zero-order valence-electron chi connectivity index (χ0n) is 14.2. The van der Waals surface area contributed by atoms with E-state index in [-0.39, 0.29) is 12.4 Å². The Labute approximate surface area is 154 Å². The molecule has 3 N–H and O–H groups in total. The standard InChI is InChI=1S/C17H26ClN5.ClH/c1-2-3-7-14-21-15(16(18)22-14)17-20-8-9-23(17)13-6-4-5-12(10-13)11-19;/h8-9,12-13H,2-7,10-11,19H2,1H3,(H,21,22);1H/t12-,13+;/m0./s1. The number of aromatic amines is 1. The molecule has 0 aromatic carbocycles. The molecule has 24 heavy (non-hydrogen) atoms. The minimum Gasteiger partial charge on any atom is -0.332 e. The predicted octanol–water partition coefficient (Wildman–Crippen LogP) is 4.38. The van der Waals surface area contributed by atoms with Crippen LogP contribution in [0.1, 0.15) is 57.3 Å². The van der Waals surface area contributed by atoms with Gasteiger partial charge in [-0.25, -0.2) is 9.97 Å². The van der Waals surface area contributed by atoms with Gasteiger partial charge in [-0.2, -0.15) is 0 Å². The number of aromatic nitrogens is 4. The van der Waals surface area contributed by atoms with Gasteiger partial charge in [0.05, 0.1) is 0 Å². The molecule has 0 saturated heterocycles. The van der Waals surface area contributed by atoms with Crippen LogP contribution in [-0.4, -0.2) is 26.1 Å². The first kappa shape index (κ1) is 19.3. The third-order valence-corrected chi connectivity index (χ3v) is 5.11. The van der Waals surface area contributed by atoms with Crippen molar-refractivity contribution in [1.29, 1.82) is 0 Å². The minimum atomic E-state index is 0. The Morgan fingerprint density at radius 3 is 3.00 bits per heavy atom. The van der Waals surface area contributed by atoms with Crippen LogP contribution in [0.3, 0.4) is 0 Å². The number of hydrogen-bond acceptors (Lipinski definition) is 3. The van der Waals surface area contributed by atoms with E-state index >= 15 is 0 Å². The van der Waals surface area contributed by atoms with Crippen molar-refractivity contribution in [3.8, 4) is 11.5 Å². The molecule has 0 amide bonds. The summed E-state index contributed by atoms with van der Waals surface area (Å²) in [5.74, 6) is 2.43. The van der Waals surface area contributed by atoms with Crippen molar-refractivity contribution in [2.45, 2.75) is 57.9 Å². The molecular formula is C17H27Cl2N5.